The first-order valence-electron chi connectivity index (χ1n) is 13.7. The van der Waals surface area contributed by atoms with E-state index in [-0.39, 0.29) is 0 Å². The fraction of sp³-hybridized carbons (Fsp3) is 0.515. The molecule has 2 aromatic carbocycles. The van der Waals surface area contributed by atoms with Gasteiger partial charge in [0, 0.05) is 27.9 Å². The summed E-state index contributed by atoms with van der Waals surface area (Å²) >= 11 is 0. The molecule has 3 aromatic rings. The first kappa shape index (κ1) is 26.0. The highest BCUT2D eigenvalue weighted by atomic mass is 15.0. The van der Waals surface area contributed by atoms with E-state index in [9.17, 15) is 0 Å². The molecule has 0 aliphatic rings. The van der Waals surface area contributed by atoms with Gasteiger partial charge in [-0.15, -0.1) is 12.8 Å². The first-order chi connectivity index (χ1) is 16.7. The molecule has 1 aromatic heterocycles. The zero-order valence-corrected chi connectivity index (χ0v) is 21.5. The third kappa shape index (κ3) is 6.70. The molecule has 34 heavy (non-hydrogen) atoms. The van der Waals surface area contributed by atoms with Gasteiger partial charge in [-0.05, 0) is 37.1 Å². The molecule has 3 rings (SSSR count). The Morgan fingerprint density at radius 3 is 1.44 bits per heavy atom. The number of hydrogen-bond acceptors (Lipinski definition) is 0. The molecule has 0 spiro atoms. The third-order valence-electron chi connectivity index (χ3n) is 7.28. The van der Waals surface area contributed by atoms with Crippen LogP contribution in [0, 0.1) is 24.7 Å². The minimum Gasteiger partial charge on any atom is -0.337 e. The number of terminal acetylenes is 2. The fourth-order valence-electron chi connectivity index (χ4n) is 5.34. The van der Waals surface area contributed by atoms with E-state index in [1.54, 1.807) is 0 Å². The number of hydrogen-bond donors (Lipinski definition) is 0. The Labute approximate surface area is 208 Å². The van der Waals surface area contributed by atoms with Crippen molar-refractivity contribution in [3.8, 4) is 24.7 Å². The molecule has 1 heteroatoms. The lowest BCUT2D eigenvalue weighted by atomic mass is 9.99. The minimum atomic E-state index is 0.485. The topological polar surface area (TPSA) is 4.93 Å². The van der Waals surface area contributed by atoms with Crippen LogP contribution in [0.4, 0.5) is 0 Å². The van der Waals surface area contributed by atoms with Gasteiger partial charge in [-0.1, -0.05) is 115 Å². The summed E-state index contributed by atoms with van der Waals surface area (Å²) in [6.07, 6.45) is 30.0. The standard InChI is InChI=1S/C33H43N/c1-5-9-11-13-15-17-19-29(20-18-16-14-12-10-6-2)34-32-25-27(7-3)21-23-30(32)31-24-22-28(8-4)26-33(31)34/h3-4,21-26,29H,5-6,9-20H2,1-2H3. The van der Waals surface area contributed by atoms with Crippen molar-refractivity contribution < 1.29 is 0 Å². The van der Waals surface area contributed by atoms with E-state index in [1.165, 1.54) is 112 Å². The van der Waals surface area contributed by atoms with Gasteiger partial charge in [-0.25, -0.2) is 0 Å². The molecule has 1 heterocycles. The molecule has 0 aliphatic carbocycles. The average molecular weight is 454 g/mol. The second-order valence-corrected chi connectivity index (χ2v) is 9.89. The lowest BCUT2D eigenvalue weighted by Gasteiger charge is -2.22. The van der Waals surface area contributed by atoms with Crippen LogP contribution in [0.25, 0.3) is 21.8 Å². The maximum atomic E-state index is 5.80. The normalized spacial score (nSPS) is 11.3. The van der Waals surface area contributed by atoms with E-state index < -0.39 is 0 Å². The van der Waals surface area contributed by atoms with Crippen LogP contribution < -0.4 is 0 Å². The number of aromatic nitrogens is 1. The summed E-state index contributed by atoms with van der Waals surface area (Å²) in [5.74, 6) is 5.70. The molecule has 0 N–H and O–H groups in total. The molecule has 1 nitrogen and oxygen atoms in total. The molecule has 0 aliphatic heterocycles. The summed E-state index contributed by atoms with van der Waals surface area (Å²) < 4.78 is 2.59. The van der Waals surface area contributed by atoms with Crippen LogP contribution in [-0.4, -0.2) is 4.57 Å². The molecular formula is C33H43N. The van der Waals surface area contributed by atoms with E-state index >= 15 is 0 Å². The highest BCUT2D eigenvalue weighted by Gasteiger charge is 2.19. The van der Waals surface area contributed by atoms with Crippen molar-refractivity contribution in [2.24, 2.45) is 0 Å². The summed E-state index contributed by atoms with van der Waals surface area (Å²) in [5.41, 5.74) is 4.43. The Hall–Kier alpha value is -2.64. The second kappa shape index (κ2) is 13.9. The largest absolute Gasteiger partial charge is 0.337 e. The van der Waals surface area contributed by atoms with Crippen molar-refractivity contribution in [2.75, 3.05) is 0 Å². The molecule has 0 saturated carbocycles. The van der Waals surface area contributed by atoms with Gasteiger partial charge in [0.15, 0.2) is 0 Å². The van der Waals surface area contributed by atoms with E-state index in [1.807, 2.05) is 0 Å². The molecule has 0 atom stereocenters. The zero-order valence-electron chi connectivity index (χ0n) is 21.5. The lowest BCUT2D eigenvalue weighted by Crippen LogP contribution is -2.09. The van der Waals surface area contributed by atoms with Crippen LogP contribution in [0.5, 0.6) is 0 Å². The predicted molar refractivity (Wildman–Crippen MR) is 150 cm³/mol. The number of benzene rings is 2. The van der Waals surface area contributed by atoms with Gasteiger partial charge in [-0.2, -0.15) is 0 Å². The van der Waals surface area contributed by atoms with Crippen LogP contribution in [0.2, 0.25) is 0 Å². The predicted octanol–water partition coefficient (Wildman–Crippen LogP) is 9.80. The van der Waals surface area contributed by atoms with Gasteiger partial charge >= 0.3 is 0 Å². The van der Waals surface area contributed by atoms with Gasteiger partial charge in [-0.3, -0.25) is 0 Å². The molecule has 0 fully saturated rings. The van der Waals surface area contributed by atoms with Gasteiger partial charge in [0.25, 0.3) is 0 Å². The minimum absolute atomic E-state index is 0.485. The Balaban J connectivity index is 1.92. The second-order valence-electron chi connectivity index (χ2n) is 9.89. The van der Waals surface area contributed by atoms with Gasteiger partial charge in [0.2, 0.25) is 0 Å². The SMILES string of the molecule is C#Cc1ccc2c3ccc(C#C)cc3n(C(CCCCCCCC)CCCCCCCC)c2c1. The van der Waals surface area contributed by atoms with Gasteiger partial charge in [0.1, 0.15) is 0 Å². The number of unbranched alkanes of at least 4 members (excludes halogenated alkanes) is 10. The van der Waals surface area contributed by atoms with Crippen LogP contribution in [0.3, 0.4) is 0 Å². The quantitative estimate of drug-likeness (QED) is 0.159. The van der Waals surface area contributed by atoms with E-state index in [0.717, 1.165) is 11.1 Å². The number of rotatable bonds is 15. The van der Waals surface area contributed by atoms with Crippen molar-refractivity contribution >= 4 is 21.8 Å². The molecule has 0 bridgehead atoms. The molecule has 0 saturated heterocycles. The smallest absolute Gasteiger partial charge is 0.0506 e. The highest BCUT2D eigenvalue weighted by Crippen LogP contribution is 2.36. The molecule has 0 radical (unpaired) electrons. The van der Waals surface area contributed by atoms with Crippen molar-refractivity contribution in [3.05, 3.63) is 47.5 Å². The van der Waals surface area contributed by atoms with Crippen LogP contribution in [0.15, 0.2) is 36.4 Å². The monoisotopic (exact) mass is 453 g/mol. The van der Waals surface area contributed by atoms with E-state index in [0.29, 0.717) is 6.04 Å². The van der Waals surface area contributed by atoms with Crippen molar-refractivity contribution in [3.63, 3.8) is 0 Å². The summed E-state index contributed by atoms with van der Waals surface area (Å²) in [7, 11) is 0. The van der Waals surface area contributed by atoms with Crippen molar-refractivity contribution in [2.45, 2.75) is 110 Å². The maximum Gasteiger partial charge on any atom is 0.0506 e. The average Bonchev–Trinajstić information content (AvgIpc) is 3.19. The van der Waals surface area contributed by atoms with Crippen molar-refractivity contribution in [1.82, 2.24) is 4.57 Å². The van der Waals surface area contributed by atoms with Gasteiger partial charge in [0.05, 0.1) is 11.0 Å². The number of fused-ring (bicyclic) bond motifs is 3. The molecule has 0 unspecified atom stereocenters. The Kier molecular flexibility index (Phi) is 10.6. The first-order valence-corrected chi connectivity index (χ1v) is 13.7. The van der Waals surface area contributed by atoms with E-state index in [4.69, 9.17) is 12.8 Å². The van der Waals surface area contributed by atoms with Gasteiger partial charge < -0.3 is 4.57 Å². The van der Waals surface area contributed by atoms with Crippen LogP contribution in [0.1, 0.15) is 121 Å². The molecular weight excluding hydrogens is 410 g/mol. The van der Waals surface area contributed by atoms with E-state index in [2.05, 4.69) is 66.7 Å². The summed E-state index contributed by atoms with van der Waals surface area (Å²) in [5, 5.41) is 2.57. The van der Waals surface area contributed by atoms with Crippen LogP contribution in [-0.2, 0) is 0 Å². The Morgan fingerprint density at radius 2 is 1.03 bits per heavy atom. The highest BCUT2D eigenvalue weighted by molar-refractivity contribution is 6.08. The Bertz CT molecular complexity index is 1030. The summed E-state index contributed by atoms with van der Waals surface area (Å²) in [6, 6.07) is 13.4. The summed E-state index contributed by atoms with van der Waals surface area (Å²) in [6.45, 7) is 4.57. The fourth-order valence-corrected chi connectivity index (χ4v) is 5.34. The molecule has 180 valence electrons. The lowest BCUT2D eigenvalue weighted by molar-refractivity contribution is 0.410. The Morgan fingerprint density at radius 1 is 0.618 bits per heavy atom. The third-order valence-corrected chi connectivity index (χ3v) is 7.28. The van der Waals surface area contributed by atoms with Crippen LogP contribution >= 0.6 is 0 Å². The zero-order chi connectivity index (χ0) is 24.2. The van der Waals surface area contributed by atoms with Crippen molar-refractivity contribution in [1.29, 1.82) is 0 Å². The molecule has 0 amide bonds. The maximum absolute atomic E-state index is 5.80. The number of nitrogens with zero attached hydrogens (tertiary/aromatic N) is 1. The summed E-state index contributed by atoms with van der Waals surface area (Å²) in [4.78, 5) is 0.